The third-order valence-electron chi connectivity index (χ3n) is 3.79. The Morgan fingerprint density at radius 2 is 2.13 bits per heavy atom. The quantitative estimate of drug-likeness (QED) is 0.612. The number of aryl methyl sites for hydroxylation is 1. The molecule has 0 unspecified atom stereocenters. The smallest absolute Gasteiger partial charge is 0.321 e. The number of thioether (sulfide) groups is 1. The lowest BCUT2D eigenvalue weighted by atomic mass is 10.2. The third kappa shape index (κ3) is 4.82. The molecule has 1 aliphatic carbocycles. The van der Waals surface area contributed by atoms with Crippen LogP contribution in [0.3, 0.4) is 0 Å². The fourth-order valence-corrected chi connectivity index (χ4v) is 3.41. The number of hydrogen-bond donors (Lipinski definition) is 2. The van der Waals surface area contributed by atoms with Crippen molar-refractivity contribution in [1.29, 1.82) is 0 Å². The Kier molecular flexibility index (Phi) is 6.20. The van der Waals surface area contributed by atoms with E-state index in [2.05, 4.69) is 27.4 Å². The standard InChI is InChI=1S/C15H23N5O2S/c1-4-9-20-11(3)18-19-15(20)23-10(2)13(21)17-14(22)16-12-7-5-6-8-12/h4,10,12H,1,5-9H2,2-3H3,(H2,16,17,21,22)/t10-/m0/s1. The van der Waals surface area contributed by atoms with Crippen molar-refractivity contribution in [3.63, 3.8) is 0 Å². The van der Waals surface area contributed by atoms with E-state index in [0.29, 0.717) is 11.7 Å². The number of nitrogens with one attached hydrogen (secondary N) is 2. The summed E-state index contributed by atoms with van der Waals surface area (Å²) in [6, 6.07) is -0.234. The van der Waals surface area contributed by atoms with E-state index in [0.717, 1.165) is 31.5 Å². The number of rotatable bonds is 6. The minimum Gasteiger partial charge on any atom is -0.335 e. The van der Waals surface area contributed by atoms with Crippen molar-refractivity contribution in [3.8, 4) is 0 Å². The minimum atomic E-state index is -0.448. The molecule has 1 saturated carbocycles. The van der Waals surface area contributed by atoms with E-state index in [-0.39, 0.29) is 11.9 Å². The van der Waals surface area contributed by atoms with Gasteiger partial charge in [-0.1, -0.05) is 30.7 Å². The number of allylic oxidation sites excluding steroid dienone is 1. The molecule has 3 amide bonds. The van der Waals surface area contributed by atoms with Gasteiger partial charge in [0.2, 0.25) is 5.91 Å². The highest BCUT2D eigenvalue weighted by molar-refractivity contribution is 8.00. The average molecular weight is 337 g/mol. The summed E-state index contributed by atoms with van der Waals surface area (Å²) in [5.41, 5.74) is 0. The molecule has 7 nitrogen and oxygen atoms in total. The number of imide groups is 1. The van der Waals surface area contributed by atoms with E-state index in [1.54, 1.807) is 13.0 Å². The van der Waals surface area contributed by atoms with Gasteiger partial charge in [0.1, 0.15) is 5.82 Å². The molecule has 1 aromatic heterocycles. The van der Waals surface area contributed by atoms with Gasteiger partial charge in [-0.2, -0.15) is 0 Å². The van der Waals surface area contributed by atoms with Crippen molar-refractivity contribution in [1.82, 2.24) is 25.4 Å². The van der Waals surface area contributed by atoms with Gasteiger partial charge in [-0.3, -0.25) is 10.1 Å². The van der Waals surface area contributed by atoms with Gasteiger partial charge in [0.15, 0.2) is 5.16 Å². The van der Waals surface area contributed by atoms with E-state index >= 15 is 0 Å². The van der Waals surface area contributed by atoms with Gasteiger partial charge in [0.05, 0.1) is 5.25 Å². The number of carbonyl (C=O) groups is 2. The highest BCUT2D eigenvalue weighted by atomic mass is 32.2. The maximum atomic E-state index is 12.1. The monoisotopic (exact) mass is 337 g/mol. The van der Waals surface area contributed by atoms with Crippen LogP contribution in [-0.2, 0) is 11.3 Å². The summed E-state index contributed by atoms with van der Waals surface area (Å²) in [7, 11) is 0. The van der Waals surface area contributed by atoms with Crippen molar-refractivity contribution >= 4 is 23.7 Å². The molecular formula is C15H23N5O2S. The SMILES string of the molecule is C=CCn1c(C)nnc1S[C@@H](C)C(=O)NC(=O)NC1CCCC1. The van der Waals surface area contributed by atoms with Crippen LogP contribution < -0.4 is 10.6 Å². The number of urea groups is 1. The lowest BCUT2D eigenvalue weighted by Crippen LogP contribution is -2.45. The molecule has 126 valence electrons. The second-order valence-corrected chi connectivity index (χ2v) is 6.94. The van der Waals surface area contributed by atoms with Crippen molar-refractivity contribution in [2.75, 3.05) is 0 Å². The van der Waals surface area contributed by atoms with Crippen LogP contribution >= 0.6 is 11.8 Å². The molecule has 1 heterocycles. The number of amides is 3. The van der Waals surface area contributed by atoms with Gasteiger partial charge in [-0.15, -0.1) is 16.8 Å². The van der Waals surface area contributed by atoms with Crippen LogP contribution in [-0.4, -0.2) is 38.0 Å². The summed E-state index contributed by atoms with van der Waals surface area (Å²) in [5.74, 6) is 0.426. The van der Waals surface area contributed by atoms with Crippen LogP contribution in [0.2, 0.25) is 0 Å². The van der Waals surface area contributed by atoms with E-state index in [1.807, 2.05) is 11.5 Å². The molecular weight excluding hydrogens is 314 g/mol. The molecule has 8 heteroatoms. The second kappa shape index (κ2) is 8.14. The number of hydrogen-bond acceptors (Lipinski definition) is 5. The summed E-state index contributed by atoms with van der Waals surface area (Å²) in [4.78, 5) is 24.0. The normalized spacial score (nSPS) is 16.1. The highest BCUT2D eigenvalue weighted by Gasteiger charge is 2.22. The fourth-order valence-electron chi connectivity index (χ4n) is 2.50. The van der Waals surface area contributed by atoms with Gasteiger partial charge in [0, 0.05) is 12.6 Å². The Balaban J connectivity index is 1.87. The minimum absolute atomic E-state index is 0.184. The first-order valence-electron chi connectivity index (χ1n) is 7.80. The molecule has 2 rings (SSSR count). The molecule has 1 atom stereocenters. The van der Waals surface area contributed by atoms with E-state index in [4.69, 9.17) is 0 Å². The average Bonchev–Trinajstić information content (AvgIpc) is 3.12. The topological polar surface area (TPSA) is 88.9 Å². The summed E-state index contributed by atoms with van der Waals surface area (Å²) in [5, 5.41) is 13.5. The van der Waals surface area contributed by atoms with Crippen LogP contribution in [0.15, 0.2) is 17.8 Å². The fraction of sp³-hybridized carbons (Fsp3) is 0.600. The van der Waals surface area contributed by atoms with Crippen LogP contribution in [0.25, 0.3) is 0 Å². The lowest BCUT2D eigenvalue weighted by Gasteiger charge is -2.15. The van der Waals surface area contributed by atoms with Crippen LogP contribution in [0.5, 0.6) is 0 Å². The molecule has 0 spiro atoms. The Labute approximate surface area is 140 Å². The molecule has 0 aliphatic heterocycles. The molecule has 0 saturated heterocycles. The molecule has 1 aromatic rings. The van der Waals surface area contributed by atoms with E-state index < -0.39 is 11.3 Å². The first kappa shape index (κ1) is 17.5. The largest absolute Gasteiger partial charge is 0.335 e. The first-order chi connectivity index (χ1) is 11.0. The number of nitrogens with zero attached hydrogens (tertiary/aromatic N) is 3. The van der Waals surface area contributed by atoms with Gasteiger partial charge >= 0.3 is 6.03 Å². The molecule has 0 radical (unpaired) electrons. The predicted octanol–water partition coefficient (Wildman–Crippen LogP) is 2.02. The summed E-state index contributed by atoms with van der Waals surface area (Å²) < 4.78 is 1.88. The predicted molar refractivity (Wildman–Crippen MR) is 89.2 cm³/mol. The molecule has 1 fully saturated rings. The Morgan fingerprint density at radius 3 is 2.78 bits per heavy atom. The zero-order valence-corrected chi connectivity index (χ0v) is 14.4. The van der Waals surface area contributed by atoms with Crippen molar-refractivity contribution in [2.24, 2.45) is 0 Å². The van der Waals surface area contributed by atoms with Crippen LogP contribution in [0.4, 0.5) is 4.79 Å². The van der Waals surface area contributed by atoms with E-state index in [9.17, 15) is 9.59 Å². The van der Waals surface area contributed by atoms with E-state index in [1.165, 1.54) is 11.8 Å². The lowest BCUT2D eigenvalue weighted by molar-refractivity contribution is -0.119. The highest BCUT2D eigenvalue weighted by Crippen LogP contribution is 2.22. The Hall–Kier alpha value is -1.83. The van der Waals surface area contributed by atoms with Crippen molar-refractivity contribution < 1.29 is 9.59 Å². The summed E-state index contributed by atoms with van der Waals surface area (Å²) in [6.07, 6.45) is 5.97. The molecule has 2 N–H and O–H groups in total. The zero-order chi connectivity index (χ0) is 16.8. The Morgan fingerprint density at radius 1 is 1.43 bits per heavy atom. The molecule has 23 heavy (non-hydrogen) atoms. The van der Waals surface area contributed by atoms with Crippen LogP contribution in [0.1, 0.15) is 38.4 Å². The molecule has 0 aromatic carbocycles. The molecule has 0 bridgehead atoms. The number of carbonyl (C=O) groups excluding carboxylic acids is 2. The maximum Gasteiger partial charge on any atom is 0.321 e. The maximum absolute atomic E-state index is 12.1. The third-order valence-corrected chi connectivity index (χ3v) is 4.87. The zero-order valence-electron chi connectivity index (χ0n) is 13.5. The van der Waals surface area contributed by atoms with Gasteiger partial charge in [-0.05, 0) is 26.7 Å². The summed E-state index contributed by atoms with van der Waals surface area (Å²) >= 11 is 1.27. The summed E-state index contributed by atoms with van der Waals surface area (Å²) in [6.45, 7) is 7.87. The molecule has 1 aliphatic rings. The first-order valence-corrected chi connectivity index (χ1v) is 8.68. The van der Waals surface area contributed by atoms with Gasteiger partial charge < -0.3 is 9.88 Å². The Bertz CT molecular complexity index is 580. The van der Waals surface area contributed by atoms with Crippen LogP contribution in [0, 0.1) is 6.92 Å². The second-order valence-electron chi connectivity index (χ2n) is 5.63. The number of aromatic nitrogens is 3. The van der Waals surface area contributed by atoms with Crippen molar-refractivity contribution in [3.05, 3.63) is 18.5 Å². The van der Waals surface area contributed by atoms with Crippen molar-refractivity contribution in [2.45, 2.75) is 62.5 Å². The van der Waals surface area contributed by atoms with Gasteiger partial charge in [0.25, 0.3) is 0 Å². The van der Waals surface area contributed by atoms with Gasteiger partial charge in [-0.25, -0.2) is 4.79 Å².